The Kier molecular flexibility index (Phi) is 3.54. The van der Waals surface area contributed by atoms with E-state index in [9.17, 15) is 5.11 Å². The summed E-state index contributed by atoms with van der Waals surface area (Å²) < 4.78 is 5.37. The molecule has 5 heteroatoms. The van der Waals surface area contributed by atoms with Gasteiger partial charge in [0.05, 0.1) is 24.9 Å². The van der Waals surface area contributed by atoms with Crippen molar-refractivity contribution in [1.82, 2.24) is 0 Å². The highest BCUT2D eigenvalue weighted by atomic mass is 16.5. The standard InChI is InChI=1S/C8H15N3O2/c1-3-5(2)8-7(10-11-9)6(12)4-13-8/h5-8,12H,3-4H2,1-2H3/t5-,6-,7+,8+/m0/s1. The third-order valence-corrected chi connectivity index (χ3v) is 2.58. The first kappa shape index (κ1) is 10.3. The molecule has 1 aliphatic rings. The molecule has 1 saturated heterocycles. The third-order valence-electron chi connectivity index (χ3n) is 2.58. The van der Waals surface area contributed by atoms with Crippen LogP contribution in [0, 0.1) is 5.92 Å². The summed E-state index contributed by atoms with van der Waals surface area (Å²) in [5, 5.41) is 13.0. The van der Waals surface area contributed by atoms with Crippen LogP contribution in [0.5, 0.6) is 0 Å². The van der Waals surface area contributed by atoms with E-state index in [0.717, 1.165) is 6.42 Å². The van der Waals surface area contributed by atoms with Crippen molar-refractivity contribution in [1.29, 1.82) is 0 Å². The van der Waals surface area contributed by atoms with Gasteiger partial charge in [-0.05, 0) is 11.4 Å². The van der Waals surface area contributed by atoms with Gasteiger partial charge >= 0.3 is 0 Å². The van der Waals surface area contributed by atoms with Crippen LogP contribution in [0.3, 0.4) is 0 Å². The molecule has 0 amide bonds. The van der Waals surface area contributed by atoms with Crippen molar-refractivity contribution in [3.05, 3.63) is 10.4 Å². The highest BCUT2D eigenvalue weighted by molar-refractivity contribution is 4.92. The molecule has 1 aliphatic heterocycles. The fourth-order valence-corrected chi connectivity index (χ4v) is 1.56. The van der Waals surface area contributed by atoms with Gasteiger partial charge in [0.2, 0.25) is 0 Å². The van der Waals surface area contributed by atoms with Crippen LogP contribution in [-0.2, 0) is 4.74 Å². The second-order valence-corrected chi connectivity index (χ2v) is 3.45. The first-order valence-corrected chi connectivity index (χ1v) is 4.54. The zero-order chi connectivity index (χ0) is 9.84. The second kappa shape index (κ2) is 4.46. The molecule has 1 heterocycles. The van der Waals surface area contributed by atoms with E-state index in [1.807, 2.05) is 13.8 Å². The molecule has 0 spiro atoms. The van der Waals surface area contributed by atoms with Gasteiger partial charge in [0.25, 0.3) is 0 Å². The fourth-order valence-electron chi connectivity index (χ4n) is 1.56. The van der Waals surface area contributed by atoms with Gasteiger partial charge in [0.15, 0.2) is 0 Å². The molecular weight excluding hydrogens is 170 g/mol. The molecular formula is C8H15N3O2. The average Bonchev–Trinajstić information content (AvgIpc) is 2.48. The minimum absolute atomic E-state index is 0.129. The molecule has 1 fully saturated rings. The van der Waals surface area contributed by atoms with Crippen molar-refractivity contribution >= 4 is 0 Å². The zero-order valence-corrected chi connectivity index (χ0v) is 7.92. The lowest BCUT2D eigenvalue weighted by Crippen LogP contribution is -2.32. The summed E-state index contributed by atoms with van der Waals surface area (Å²) in [5.74, 6) is 0.313. The molecule has 1 rings (SSSR count). The molecule has 0 unspecified atom stereocenters. The molecule has 4 atom stereocenters. The number of rotatable bonds is 3. The summed E-state index contributed by atoms with van der Waals surface area (Å²) in [6.45, 7) is 4.35. The predicted molar refractivity (Wildman–Crippen MR) is 48.1 cm³/mol. The zero-order valence-electron chi connectivity index (χ0n) is 7.92. The Morgan fingerprint density at radius 3 is 3.00 bits per heavy atom. The molecule has 0 aromatic rings. The molecule has 1 N–H and O–H groups in total. The van der Waals surface area contributed by atoms with E-state index >= 15 is 0 Å². The van der Waals surface area contributed by atoms with E-state index < -0.39 is 12.1 Å². The molecule has 0 aromatic heterocycles. The SMILES string of the molecule is CC[C@H](C)[C@H]1OC[C@H](O)[C@H]1N=[N+]=[N-]. The van der Waals surface area contributed by atoms with E-state index in [2.05, 4.69) is 10.0 Å². The van der Waals surface area contributed by atoms with Crippen LogP contribution in [0.1, 0.15) is 20.3 Å². The van der Waals surface area contributed by atoms with Crippen LogP contribution in [0.25, 0.3) is 10.4 Å². The summed E-state index contributed by atoms with van der Waals surface area (Å²) in [5.41, 5.74) is 8.31. The highest BCUT2D eigenvalue weighted by Crippen LogP contribution is 2.25. The number of hydrogen-bond acceptors (Lipinski definition) is 3. The van der Waals surface area contributed by atoms with E-state index in [0.29, 0.717) is 5.92 Å². The molecule has 0 radical (unpaired) electrons. The lowest BCUT2D eigenvalue weighted by molar-refractivity contribution is 0.0552. The maximum atomic E-state index is 9.45. The number of hydrogen-bond donors (Lipinski definition) is 1. The lowest BCUT2D eigenvalue weighted by Gasteiger charge is -2.20. The third kappa shape index (κ3) is 2.12. The summed E-state index contributed by atoms with van der Waals surface area (Å²) >= 11 is 0. The van der Waals surface area contributed by atoms with E-state index in [-0.39, 0.29) is 12.7 Å². The molecule has 0 aromatic carbocycles. The Morgan fingerprint density at radius 2 is 2.46 bits per heavy atom. The van der Waals surface area contributed by atoms with Crippen LogP contribution in [-0.4, -0.2) is 30.0 Å². The maximum Gasteiger partial charge on any atom is 0.0920 e. The lowest BCUT2D eigenvalue weighted by atomic mass is 9.95. The van der Waals surface area contributed by atoms with E-state index in [1.54, 1.807) is 0 Å². The maximum absolute atomic E-state index is 9.45. The summed E-state index contributed by atoms with van der Waals surface area (Å²) in [6.07, 6.45) is 0.181. The number of aliphatic hydroxyl groups excluding tert-OH is 1. The van der Waals surface area contributed by atoms with Gasteiger partial charge in [-0.3, -0.25) is 0 Å². The molecule has 0 aliphatic carbocycles. The van der Waals surface area contributed by atoms with Crippen molar-refractivity contribution in [2.75, 3.05) is 6.61 Å². The highest BCUT2D eigenvalue weighted by Gasteiger charge is 2.37. The molecule has 0 saturated carbocycles. The van der Waals surface area contributed by atoms with E-state index in [4.69, 9.17) is 10.3 Å². The topological polar surface area (TPSA) is 78.2 Å². The van der Waals surface area contributed by atoms with Crippen LogP contribution in [0.4, 0.5) is 0 Å². The molecule has 13 heavy (non-hydrogen) atoms. The van der Waals surface area contributed by atoms with Crippen LogP contribution in [0.15, 0.2) is 5.11 Å². The van der Waals surface area contributed by atoms with Crippen molar-refractivity contribution < 1.29 is 9.84 Å². The molecule has 0 bridgehead atoms. The largest absolute Gasteiger partial charge is 0.390 e. The molecule has 74 valence electrons. The summed E-state index contributed by atoms with van der Waals surface area (Å²) in [7, 11) is 0. The Hall–Kier alpha value is -0.770. The Labute approximate surface area is 77.3 Å². The van der Waals surface area contributed by atoms with Gasteiger partial charge in [0.1, 0.15) is 0 Å². The monoisotopic (exact) mass is 185 g/mol. The van der Waals surface area contributed by atoms with Crippen molar-refractivity contribution in [3.63, 3.8) is 0 Å². The number of ether oxygens (including phenoxy) is 1. The quantitative estimate of drug-likeness (QED) is 0.410. The minimum Gasteiger partial charge on any atom is -0.390 e. The summed E-state index contributed by atoms with van der Waals surface area (Å²) in [4.78, 5) is 2.72. The van der Waals surface area contributed by atoms with Gasteiger partial charge in [-0.1, -0.05) is 25.4 Å². The van der Waals surface area contributed by atoms with Gasteiger partial charge in [-0.2, -0.15) is 0 Å². The van der Waals surface area contributed by atoms with Crippen LogP contribution in [0.2, 0.25) is 0 Å². The minimum atomic E-state index is -0.644. The number of aliphatic hydroxyl groups is 1. The van der Waals surface area contributed by atoms with Gasteiger partial charge < -0.3 is 9.84 Å². The number of nitrogens with zero attached hydrogens (tertiary/aromatic N) is 3. The Bertz CT molecular complexity index is 215. The average molecular weight is 185 g/mol. The first-order valence-electron chi connectivity index (χ1n) is 4.54. The predicted octanol–water partition coefficient (Wildman–Crippen LogP) is 1.47. The molecule has 5 nitrogen and oxygen atoms in total. The van der Waals surface area contributed by atoms with Gasteiger partial charge in [0, 0.05) is 4.91 Å². The van der Waals surface area contributed by atoms with Crippen LogP contribution < -0.4 is 0 Å². The second-order valence-electron chi connectivity index (χ2n) is 3.45. The smallest absolute Gasteiger partial charge is 0.0920 e. The van der Waals surface area contributed by atoms with Crippen molar-refractivity contribution in [2.45, 2.75) is 38.5 Å². The first-order chi connectivity index (χ1) is 6.20. The van der Waals surface area contributed by atoms with E-state index in [1.165, 1.54) is 0 Å². The number of azide groups is 1. The fraction of sp³-hybridized carbons (Fsp3) is 1.00. The van der Waals surface area contributed by atoms with Crippen LogP contribution >= 0.6 is 0 Å². The van der Waals surface area contributed by atoms with Crippen molar-refractivity contribution in [2.24, 2.45) is 11.0 Å². The Morgan fingerprint density at radius 1 is 1.77 bits per heavy atom. The summed E-state index contributed by atoms with van der Waals surface area (Å²) in [6, 6.07) is -0.417. The Balaban J connectivity index is 2.68. The van der Waals surface area contributed by atoms with Gasteiger partial charge in [-0.15, -0.1) is 0 Å². The normalized spacial score (nSPS) is 35.5. The van der Waals surface area contributed by atoms with Crippen molar-refractivity contribution in [3.8, 4) is 0 Å². The van der Waals surface area contributed by atoms with Gasteiger partial charge in [-0.25, -0.2) is 0 Å².